The van der Waals surface area contributed by atoms with Gasteiger partial charge >= 0.3 is 0 Å². The van der Waals surface area contributed by atoms with Gasteiger partial charge in [0.15, 0.2) is 0 Å². The average molecular weight is 346 g/mol. The van der Waals surface area contributed by atoms with Crippen LogP contribution in [0.3, 0.4) is 0 Å². The molecule has 0 aliphatic carbocycles. The number of piperidine rings is 1. The summed E-state index contributed by atoms with van der Waals surface area (Å²) in [6.45, 7) is 5.64. The fourth-order valence-corrected chi connectivity index (χ4v) is 3.74. The van der Waals surface area contributed by atoms with Crippen LogP contribution in [0.4, 0.5) is 4.39 Å². The van der Waals surface area contributed by atoms with Crippen molar-refractivity contribution in [1.29, 1.82) is 0 Å². The van der Waals surface area contributed by atoms with Crippen LogP contribution in [0.25, 0.3) is 0 Å². The molecular weight excluding hydrogens is 319 g/mol. The van der Waals surface area contributed by atoms with Crippen LogP contribution in [0.15, 0.2) is 24.3 Å². The molecule has 0 saturated carbocycles. The zero-order valence-electron chi connectivity index (χ0n) is 15.1. The highest BCUT2D eigenvalue weighted by molar-refractivity contribution is 5.98. The summed E-state index contributed by atoms with van der Waals surface area (Å²) in [5.41, 5.74) is 1.68. The molecular formula is C20H27FN2O2. The predicted molar refractivity (Wildman–Crippen MR) is 95.3 cm³/mol. The Bertz CT molecular complexity index is 623. The zero-order chi connectivity index (χ0) is 18.0. The number of nitrogens with zero attached hydrogens (tertiary/aromatic N) is 2. The second-order valence-electron chi connectivity index (χ2n) is 7.47. The maximum Gasteiger partial charge on any atom is 0.254 e. The van der Waals surface area contributed by atoms with Crippen molar-refractivity contribution in [3.8, 4) is 0 Å². The molecule has 0 aromatic heterocycles. The lowest BCUT2D eigenvalue weighted by Gasteiger charge is -2.32. The predicted octanol–water partition coefficient (Wildman–Crippen LogP) is 3.38. The molecule has 0 unspecified atom stereocenters. The summed E-state index contributed by atoms with van der Waals surface area (Å²) in [7, 11) is 0. The number of rotatable bonds is 3. The van der Waals surface area contributed by atoms with Crippen molar-refractivity contribution in [2.75, 3.05) is 19.6 Å². The monoisotopic (exact) mass is 346 g/mol. The Morgan fingerprint density at radius 1 is 1.08 bits per heavy atom. The fraction of sp³-hybridized carbons (Fsp3) is 0.600. The van der Waals surface area contributed by atoms with Gasteiger partial charge in [-0.3, -0.25) is 9.59 Å². The molecule has 2 aliphatic heterocycles. The third-order valence-electron chi connectivity index (χ3n) is 5.29. The summed E-state index contributed by atoms with van der Waals surface area (Å²) >= 11 is 0. The molecule has 2 fully saturated rings. The first-order valence-corrected chi connectivity index (χ1v) is 9.31. The first kappa shape index (κ1) is 17.9. The Kier molecular flexibility index (Phi) is 5.40. The third-order valence-corrected chi connectivity index (χ3v) is 5.29. The van der Waals surface area contributed by atoms with Gasteiger partial charge in [0.25, 0.3) is 5.91 Å². The van der Waals surface area contributed by atoms with Gasteiger partial charge in [-0.25, -0.2) is 4.39 Å². The van der Waals surface area contributed by atoms with Crippen LogP contribution in [0.1, 0.15) is 61.4 Å². The van der Waals surface area contributed by atoms with Crippen LogP contribution in [0.2, 0.25) is 0 Å². The summed E-state index contributed by atoms with van der Waals surface area (Å²) in [6.07, 6.45) is 2.10. The largest absolute Gasteiger partial charge is 0.341 e. The lowest BCUT2D eigenvalue weighted by atomic mass is 10.0. The normalized spacial score (nSPS) is 24.0. The molecule has 1 aromatic carbocycles. The van der Waals surface area contributed by atoms with Gasteiger partial charge in [-0.2, -0.15) is 0 Å². The highest BCUT2D eigenvalue weighted by Crippen LogP contribution is 2.26. The van der Waals surface area contributed by atoms with Crippen LogP contribution >= 0.6 is 0 Å². The quantitative estimate of drug-likeness (QED) is 0.842. The van der Waals surface area contributed by atoms with E-state index in [-0.39, 0.29) is 24.8 Å². The molecule has 1 aromatic rings. The van der Waals surface area contributed by atoms with Gasteiger partial charge in [-0.1, -0.05) is 26.0 Å². The van der Waals surface area contributed by atoms with E-state index >= 15 is 0 Å². The summed E-state index contributed by atoms with van der Waals surface area (Å²) in [6, 6.07) is 6.77. The Labute approximate surface area is 149 Å². The second kappa shape index (κ2) is 7.54. The van der Waals surface area contributed by atoms with Crippen molar-refractivity contribution in [2.45, 2.75) is 57.7 Å². The zero-order valence-corrected chi connectivity index (χ0v) is 15.1. The Morgan fingerprint density at radius 2 is 1.72 bits per heavy atom. The van der Waals surface area contributed by atoms with E-state index < -0.39 is 12.2 Å². The van der Waals surface area contributed by atoms with Gasteiger partial charge in [0.2, 0.25) is 5.91 Å². The van der Waals surface area contributed by atoms with E-state index in [1.807, 2.05) is 12.1 Å². The number of halogens is 1. The minimum Gasteiger partial charge on any atom is -0.341 e. The molecule has 2 heterocycles. The maximum absolute atomic E-state index is 14.0. The lowest BCUT2D eigenvalue weighted by Crippen LogP contribution is -2.49. The van der Waals surface area contributed by atoms with E-state index in [0.29, 0.717) is 11.5 Å². The van der Waals surface area contributed by atoms with E-state index in [4.69, 9.17) is 0 Å². The van der Waals surface area contributed by atoms with Gasteiger partial charge in [0.05, 0.1) is 6.54 Å². The van der Waals surface area contributed by atoms with Gasteiger partial charge in [0.1, 0.15) is 12.2 Å². The average Bonchev–Trinajstić information content (AvgIpc) is 3.03. The number of benzene rings is 1. The van der Waals surface area contributed by atoms with Gasteiger partial charge < -0.3 is 9.80 Å². The van der Waals surface area contributed by atoms with Gasteiger partial charge in [0, 0.05) is 25.1 Å². The van der Waals surface area contributed by atoms with Crippen molar-refractivity contribution in [2.24, 2.45) is 0 Å². The van der Waals surface area contributed by atoms with E-state index in [9.17, 15) is 14.0 Å². The van der Waals surface area contributed by atoms with Crippen molar-refractivity contribution in [3.63, 3.8) is 0 Å². The molecule has 2 aliphatic rings. The van der Waals surface area contributed by atoms with Gasteiger partial charge in [-0.15, -0.1) is 0 Å². The Morgan fingerprint density at radius 3 is 2.32 bits per heavy atom. The Hall–Kier alpha value is -1.91. The fourth-order valence-electron chi connectivity index (χ4n) is 3.74. The molecule has 5 heteroatoms. The summed E-state index contributed by atoms with van der Waals surface area (Å²) in [5.74, 6) is 0.0532. The summed E-state index contributed by atoms with van der Waals surface area (Å²) in [5, 5.41) is 0. The van der Waals surface area contributed by atoms with Crippen molar-refractivity contribution >= 4 is 11.8 Å². The SMILES string of the molecule is CC(C)c1ccc(C(=O)N2C[C@@H](F)C[C@H]2C(=O)N2CCCCC2)cc1. The first-order chi connectivity index (χ1) is 12.0. The van der Waals surface area contributed by atoms with Crippen molar-refractivity contribution in [3.05, 3.63) is 35.4 Å². The highest BCUT2D eigenvalue weighted by Gasteiger charge is 2.41. The third kappa shape index (κ3) is 3.86. The highest BCUT2D eigenvalue weighted by atomic mass is 19.1. The van der Waals surface area contributed by atoms with Crippen molar-refractivity contribution in [1.82, 2.24) is 9.80 Å². The van der Waals surface area contributed by atoms with Gasteiger partial charge in [-0.05, 0) is 42.9 Å². The Balaban J connectivity index is 1.76. The van der Waals surface area contributed by atoms with E-state index in [0.717, 1.165) is 37.9 Å². The summed E-state index contributed by atoms with van der Waals surface area (Å²) < 4.78 is 14.0. The molecule has 2 amide bonds. The topological polar surface area (TPSA) is 40.6 Å². The molecule has 0 bridgehead atoms. The smallest absolute Gasteiger partial charge is 0.254 e. The standard InChI is InChI=1S/C20H27FN2O2/c1-14(2)15-6-8-16(9-7-15)19(24)23-13-17(21)12-18(23)20(25)22-10-4-3-5-11-22/h6-9,14,17-18H,3-5,10-13H2,1-2H3/t17-,18-/m0/s1. The number of amides is 2. The molecule has 4 nitrogen and oxygen atoms in total. The van der Waals surface area contributed by atoms with E-state index in [1.165, 1.54) is 4.90 Å². The van der Waals surface area contributed by atoms with Crippen LogP contribution < -0.4 is 0 Å². The molecule has 2 atom stereocenters. The molecule has 0 spiro atoms. The van der Waals surface area contributed by atoms with Crippen molar-refractivity contribution < 1.29 is 14.0 Å². The van der Waals surface area contributed by atoms with E-state index in [1.54, 1.807) is 17.0 Å². The second-order valence-corrected chi connectivity index (χ2v) is 7.47. The van der Waals surface area contributed by atoms with Crippen LogP contribution in [0.5, 0.6) is 0 Å². The lowest BCUT2D eigenvalue weighted by molar-refractivity contribution is -0.136. The number of alkyl halides is 1. The summed E-state index contributed by atoms with van der Waals surface area (Å²) in [4.78, 5) is 28.9. The van der Waals surface area contributed by atoms with E-state index in [2.05, 4.69) is 13.8 Å². The molecule has 3 rings (SSSR count). The first-order valence-electron chi connectivity index (χ1n) is 9.31. The molecule has 25 heavy (non-hydrogen) atoms. The minimum absolute atomic E-state index is 0.00894. The molecule has 2 saturated heterocycles. The number of hydrogen-bond donors (Lipinski definition) is 0. The number of hydrogen-bond acceptors (Lipinski definition) is 2. The van der Waals surface area contributed by atoms with Crippen LogP contribution in [-0.2, 0) is 4.79 Å². The van der Waals surface area contributed by atoms with Crippen LogP contribution in [0, 0.1) is 0 Å². The van der Waals surface area contributed by atoms with Crippen LogP contribution in [-0.4, -0.2) is 53.5 Å². The molecule has 136 valence electrons. The number of carbonyl (C=O) groups excluding carboxylic acids is 2. The molecule has 0 N–H and O–H groups in total. The molecule has 0 radical (unpaired) electrons. The number of carbonyl (C=O) groups is 2. The minimum atomic E-state index is -1.13. The number of likely N-dealkylation sites (tertiary alicyclic amines) is 2. The maximum atomic E-state index is 14.0.